The monoisotopic (exact) mass is 465 g/mol. The van der Waals surface area contributed by atoms with E-state index in [2.05, 4.69) is 16.4 Å². The average Bonchev–Trinajstić information content (AvgIpc) is 3.44. The van der Waals surface area contributed by atoms with E-state index in [1.54, 1.807) is 15.7 Å². The van der Waals surface area contributed by atoms with E-state index in [0.29, 0.717) is 17.4 Å². The summed E-state index contributed by atoms with van der Waals surface area (Å²) in [7, 11) is 0. The predicted molar refractivity (Wildman–Crippen MR) is 137 cm³/mol. The normalized spacial score (nSPS) is 11.4. The molecule has 0 radical (unpaired) electrons. The molecule has 34 heavy (non-hydrogen) atoms. The van der Waals surface area contributed by atoms with Crippen molar-refractivity contribution in [3.8, 4) is 0 Å². The van der Waals surface area contributed by atoms with Gasteiger partial charge in [-0.1, -0.05) is 65.1 Å². The zero-order valence-corrected chi connectivity index (χ0v) is 19.7. The molecule has 3 aromatic carbocycles. The minimum Gasteiger partial charge on any atom is -0.269 e. The summed E-state index contributed by atoms with van der Waals surface area (Å²) in [5, 5.41) is 9.01. The van der Waals surface area contributed by atoms with Crippen LogP contribution < -0.4 is 4.90 Å². The molecule has 0 N–H and O–H groups in total. The number of fused-ring (bicyclic) bond motifs is 1. The van der Waals surface area contributed by atoms with Crippen LogP contribution in [0.1, 0.15) is 22.4 Å². The van der Waals surface area contributed by atoms with Gasteiger partial charge < -0.3 is 0 Å². The van der Waals surface area contributed by atoms with Gasteiger partial charge in [0.15, 0.2) is 5.13 Å². The maximum atomic E-state index is 13.5. The van der Waals surface area contributed by atoms with E-state index in [-0.39, 0.29) is 5.91 Å². The molecule has 5 aromatic rings. The highest BCUT2D eigenvalue weighted by Crippen LogP contribution is 2.34. The molecule has 0 aliphatic rings. The van der Waals surface area contributed by atoms with Crippen LogP contribution in [-0.2, 0) is 11.3 Å². The number of rotatable bonds is 6. The Bertz CT molecular complexity index is 1430. The van der Waals surface area contributed by atoms with Crippen molar-refractivity contribution in [1.29, 1.82) is 0 Å². The first-order valence-electron chi connectivity index (χ1n) is 11.0. The molecule has 0 aliphatic heterocycles. The molecule has 0 saturated heterocycles. The number of aryl methyl sites for hydroxylation is 2. The van der Waals surface area contributed by atoms with Crippen LogP contribution >= 0.6 is 11.3 Å². The topological polar surface area (TPSA) is 63.9 Å². The van der Waals surface area contributed by atoms with E-state index in [9.17, 15) is 4.79 Å². The first kappa shape index (κ1) is 21.7. The maximum absolute atomic E-state index is 13.5. The van der Waals surface area contributed by atoms with Crippen molar-refractivity contribution in [3.05, 3.63) is 107 Å². The number of para-hydroxylation sites is 1. The number of hydrogen-bond donors (Lipinski definition) is 0. The van der Waals surface area contributed by atoms with Crippen LogP contribution in [0.4, 0.5) is 10.8 Å². The highest BCUT2D eigenvalue weighted by Gasteiger charge is 2.20. The number of carbonyl (C=O) groups is 1. The summed E-state index contributed by atoms with van der Waals surface area (Å²) in [6.07, 6.45) is 5.05. The molecule has 0 unspecified atom stereocenters. The van der Waals surface area contributed by atoms with Crippen molar-refractivity contribution in [1.82, 2.24) is 20.0 Å². The van der Waals surface area contributed by atoms with Crippen LogP contribution in [0.5, 0.6) is 0 Å². The van der Waals surface area contributed by atoms with E-state index in [4.69, 9.17) is 4.98 Å². The predicted octanol–water partition coefficient (Wildman–Crippen LogP) is 5.93. The van der Waals surface area contributed by atoms with E-state index < -0.39 is 0 Å². The SMILES string of the molecule is Cc1cc(C)cc(N(C(=O)/C=C/c2cn(Cc3ccccc3)nn2)c2nc3ccccc3s2)c1. The molecule has 0 aliphatic carbocycles. The minimum absolute atomic E-state index is 0.193. The third-order valence-electron chi connectivity index (χ3n) is 5.30. The van der Waals surface area contributed by atoms with Crippen molar-refractivity contribution < 1.29 is 4.79 Å². The molecule has 6 nitrogen and oxygen atoms in total. The molecular formula is C27H23N5OS. The Morgan fingerprint density at radius 3 is 2.50 bits per heavy atom. The second-order valence-electron chi connectivity index (χ2n) is 8.14. The van der Waals surface area contributed by atoms with Gasteiger partial charge in [0.2, 0.25) is 0 Å². The Hall–Kier alpha value is -4.10. The number of carbonyl (C=O) groups excluding carboxylic acids is 1. The highest BCUT2D eigenvalue weighted by molar-refractivity contribution is 7.22. The Morgan fingerprint density at radius 1 is 1.00 bits per heavy atom. The number of amides is 1. The summed E-state index contributed by atoms with van der Waals surface area (Å²) in [6, 6.07) is 24.1. The van der Waals surface area contributed by atoms with Crippen molar-refractivity contribution in [2.45, 2.75) is 20.4 Å². The number of benzene rings is 3. The van der Waals surface area contributed by atoms with E-state index in [1.165, 1.54) is 17.4 Å². The summed E-state index contributed by atoms with van der Waals surface area (Å²) in [4.78, 5) is 19.9. The summed E-state index contributed by atoms with van der Waals surface area (Å²) in [5.41, 5.74) is 5.59. The van der Waals surface area contributed by atoms with Gasteiger partial charge in [-0.2, -0.15) is 0 Å². The fraction of sp³-hybridized carbons (Fsp3) is 0.111. The van der Waals surface area contributed by atoms with Crippen molar-refractivity contribution in [2.24, 2.45) is 0 Å². The van der Waals surface area contributed by atoms with Gasteiger partial charge in [0.05, 0.1) is 28.6 Å². The van der Waals surface area contributed by atoms with Gasteiger partial charge in [-0.05, 0) is 60.9 Å². The van der Waals surface area contributed by atoms with Gasteiger partial charge in [-0.15, -0.1) is 5.10 Å². The zero-order valence-electron chi connectivity index (χ0n) is 18.9. The van der Waals surface area contributed by atoms with E-state index in [1.807, 2.05) is 86.8 Å². The quantitative estimate of drug-likeness (QED) is 0.292. The number of aromatic nitrogens is 4. The lowest BCUT2D eigenvalue weighted by Gasteiger charge is -2.19. The standard InChI is InChI=1S/C27H23N5OS/c1-19-14-20(2)16-23(15-19)32(27-28-24-10-6-7-11-25(24)34-27)26(33)13-12-22-18-31(30-29-22)17-21-8-4-3-5-9-21/h3-16,18H,17H2,1-2H3/b13-12+. The number of anilines is 2. The van der Waals surface area contributed by atoms with Gasteiger partial charge in [0, 0.05) is 6.08 Å². The van der Waals surface area contributed by atoms with Crippen molar-refractivity contribution in [3.63, 3.8) is 0 Å². The summed E-state index contributed by atoms with van der Waals surface area (Å²) in [5.74, 6) is -0.193. The largest absolute Gasteiger partial charge is 0.269 e. The van der Waals surface area contributed by atoms with Crippen molar-refractivity contribution in [2.75, 3.05) is 4.90 Å². The van der Waals surface area contributed by atoms with Gasteiger partial charge in [0.1, 0.15) is 5.69 Å². The first-order chi connectivity index (χ1) is 16.5. The second-order valence-corrected chi connectivity index (χ2v) is 9.15. The van der Waals surface area contributed by atoms with Crippen LogP contribution in [-0.4, -0.2) is 25.9 Å². The fourth-order valence-corrected chi connectivity index (χ4v) is 4.83. The molecule has 0 atom stereocenters. The molecule has 0 fully saturated rings. The second kappa shape index (κ2) is 9.41. The van der Waals surface area contributed by atoms with E-state index >= 15 is 0 Å². The van der Waals surface area contributed by atoms with Crippen LogP contribution in [0, 0.1) is 13.8 Å². The number of hydrogen-bond acceptors (Lipinski definition) is 5. The van der Waals surface area contributed by atoms with Gasteiger partial charge in [-0.3, -0.25) is 9.69 Å². The van der Waals surface area contributed by atoms with Gasteiger partial charge in [0.25, 0.3) is 5.91 Å². The zero-order chi connectivity index (χ0) is 23.5. The molecule has 5 rings (SSSR count). The Labute approximate surface area is 201 Å². The Kier molecular flexibility index (Phi) is 6.01. The molecule has 0 bridgehead atoms. The number of thiazole rings is 1. The maximum Gasteiger partial charge on any atom is 0.257 e. The first-order valence-corrected chi connectivity index (χ1v) is 11.8. The lowest BCUT2D eigenvalue weighted by molar-refractivity contribution is -0.113. The Balaban J connectivity index is 1.44. The average molecular weight is 466 g/mol. The van der Waals surface area contributed by atoms with Crippen LogP contribution in [0.15, 0.2) is 85.1 Å². The molecule has 7 heteroatoms. The number of nitrogens with zero attached hydrogens (tertiary/aromatic N) is 5. The molecule has 0 saturated carbocycles. The molecular weight excluding hydrogens is 442 g/mol. The van der Waals surface area contributed by atoms with Crippen LogP contribution in [0.25, 0.3) is 16.3 Å². The third-order valence-corrected chi connectivity index (χ3v) is 6.32. The van der Waals surface area contributed by atoms with Gasteiger partial charge in [-0.25, -0.2) is 9.67 Å². The van der Waals surface area contributed by atoms with Crippen molar-refractivity contribution >= 4 is 44.4 Å². The molecule has 2 heterocycles. The van der Waals surface area contributed by atoms with Gasteiger partial charge >= 0.3 is 0 Å². The molecule has 168 valence electrons. The molecule has 2 aromatic heterocycles. The lowest BCUT2D eigenvalue weighted by Crippen LogP contribution is -2.23. The van der Waals surface area contributed by atoms with E-state index in [0.717, 1.165) is 32.6 Å². The highest BCUT2D eigenvalue weighted by atomic mass is 32.1. The minimum atomic E-state index is -0.193. The lowest BCUT2D eigenvalue weighted by atomic mass is 10.1. The summed E-state index contributed by atoms with van der Waals surface area (Å²) >= 11 is 1.50. The third kappa shape index (κ3) is 4.79. The van der Waals surface area contributed by atoms with Crippen LogP contribution in [0.2, 0.25) is 0 Å². The summed E-state index contributed by atoms with van der Waals surface area (Å²) in [6.45, 7) is 4.67. The summed E-state index contributed by atoms with van der Waals surface area (Å²) < 4.78 is 2.79. The molecule has 1 amide bonds. The molecule has 0 spiro atoms. The van der Waals surface area contributed by atoms with Crippen LogP contribution in [0.3, 0.4) is 0 Å². The Morgan fingerprint density at radius 2 is 1.74 bits per heavy atom. The fourth-order valence-electron chi connectivity index (χ4n) is 3.84. The smallest absolute Gasteiger partial charge is 0.257 e.